The number of methoxy groups -OCH3 is 1. The molecule has 8 heteroatoms. The van der Waals surface area contributed by atoms with Gasteiger partial charge in [-0.3, -0.25) is 4.79 Å². The van der Waals surface area contributed by atoms with Gasteiger partial charge in [0.1, 0.15) is 12.4 Å². The summed E-state index contributed by atoms with van der Waals surface area (Å²) in [5.41, 5.74) is 1.45. The molecular weight excluding hydrogens is 309 g/mol. The summed E-state index contributed by atoms with van der Waals surface area (Å²) in [5, 5.41) is 5.27. The van der Waals surface area contributed by atoms with Crippen LogP contribution >= 0.6 is 11.3 Å². The first-order valence-corrected chi connectivity index (χ1v) is 7.16. The second-order valence-electron chi connectivity index (χ2n) is 4.32. The number of hydrogen-bond acceptors (Lipinski definition) is 5. The maximum absolute atomic E-state index is 12.9. The SMILES string of the molecule is COC(=O)NCC(=O)Nc1nc(-c2ccc(F)cc2)c(C)s1. The average Bonchev–Trinajstić information content (AvgIpc) is 2.86. The first-order valence-electron chi connectivity index (χ1n) is 6.34. The van der Waals surface area contributed by atoms with Gasteiger partial charge in [-0.15, -0.1) is 11.3 Å². The molecule has 1 heterocycles. The van der Waals surface area contributed by atoms with Gasteiger partial charge in [0.15, 0.2) is 5.13 Å². The number of amides is 2. The third-order valence-electron chi connectivity index (χ3n) is 2.74. The number of alkyl carbamates (subject to hydrolysis) is 1. The Balaban J connectivity index is 2.05. The van der Waals surface area contributed by atoms with Gasteiger partial charge in [-0.25, -0.2) is 14.2 Å². The summed E-state index contributed by atoms with van der Waals surface area (Å²) in [7, 11) is 1.21. The monoisotopic (exact) mass is 323 g/mol. The van der Waals surface area contributed by atoms with Gasteiger partial charge < -0.3 is 15.4 Å². The highest BCUT2D eigenvalue weighted by molar-refractivity contribution is 7.16. The molecule has 6 nitrogen and oxygen atoms in total. The molecule has 0 radical (unpaired) electrons. The molecule has 116 valence electrons. The molecule has 2 aromatic rings. The van der Waals surface area contributed by atoms with Gasteiger partial charge >= 0.3 is 6.09 Å². The van der Waals surface area contributed by atoms with E-state index in [4.69, 9.17) is 0 Å². The summed E-state index contributed by atoms with van der Waals surface area (Å²) in [4.78, 5) is 27.8. The lowest BCUT2D eigenvalue weighted by atomic mass is 10.1. The number of carbonyl (C=O) groups is 2. The van der Waals surface area contributed by atoms with Crippen LogP contribution in [0, 0.1) is 12.7 Å². The van der Waals surface area contributed by atoms with E-state index >= 15 is 0 Å². The van der Waals surface area contributed by atoms with Crippen LogP contribution in [0.15, 0.2) is 24.3 Å². The molecule has 0 bridgehead atoms. The quantitative estimate of drug-likeness (QED) is 0.906. The van der Waals surface area contributed by atoms with E-state index in [-0.39, 0.29) is 12.4 Å². The number of nitrogens with one attached hydrogen (secondary N) is 2. The Morgan fingerprint density at radius 1 is 1.32 bits per heavy atom. The number of ether oxygens (including phenoxy) is 1. The Morgan fingerprint density at radius 2 is 2.00 bits per heavy atom. The number of thiazole rings is 1. The molecular formula is C14H14FN3O3S. The minimum absolute atomic E-state index is 0.211. The lowest BCUT2D eigenvalue weighted by Crippen LogP contribution is -2.32. The largest absolute Gasteiger partial charge is 0.453 e. The second-order valence-corrected chi connectivity index (χ2v) is 5.53. The lowest BCUT2D eigenvalue weighted by Gasteiger charge is -2.03. The molecule has 2 rings (SSSR count). The molecule has 0 aliphatic rings. The molecule has 1 aromatic heterocycles. The van der Waals surface area contributed by atoms with Crippen LogP contribution in [-0.2, 0) is 9.53 Å². The number of halogens is 1. The Morgan fingerprint density at radius 3 is 2.64 bits per heavy atom. The molecule has 0 saturated heterocycles. The van der Waals surface area contributed by atoms with Crippen LogP contribution in [0.2, 0.25) is 0 Å². The fraction of sp³-hybridized carbons (Fsp3) is 0.214. The van der Waals surface area contributed by atoms with Crippen molar-refractivity contribution in [1.82, 2.24) is 10.3 Å². The minimum atomic E-state index is -0.683. The van der Waals surface area contributed by atoms with Crippen molar-refractivity contribution in [2.75, 3.05) is 19.0 Å². The van der Waals surface area contributed by atoms with E-state index in [1.165, 1.54) is 30.6 Å². The molecule has 0 spiro atoms. The molecule has 0 aliphatic carbocycles. The zero-order valence-corrected chi connectivity index (χ0v) is 12.8. The van der Waals surface area contributed by atoms with Gasteiger partial charge in [0, 0.05) is 10.4 Å². The summed E-state index contributed by atoms with van der Waals surface area (Å²) in [6.07, 6.45) is -0.683. The molecule has 0 fully saturated rings. The number of aromatic nitrogens is 1. The lowest BCUT2D eigenvalue weighted by molar-refractivity contribution is -0.115. The van der Waals surface area contributed by atoms with Gasteiger partial charge in [0.25, 0.3) is 0 Å². The van der Waals surface area contributed by atoms with Crippen LogP contribution in [-0.4, -0.2) is 30.6 Å². The topological polar surface area (TPSA) is 80.3 Å². The Kier molecular flexibility index (Phi) is 5.05. The Labute approximate surface area is 130 Å². The molecule has 0 aliphatic heterocycles. The fourth-order valence-corrected chi connectivity index (χ4v) is 2.57. The number of hydrogen-bond donors (Lipinski definition) is 2. The number of nitrogens with zero attached hydrogens (tertiary/aromatic N) is 1. The van der Waals surface area contributed by atoms with Crippen LogP contribution in [0.3, 0.4) is 0 Å². The zero-order valence-electron chi connectivity index (χ0n) is 12.0. The van der Waals surface area contributed by atoms with Gasteiger partial charge in [0.05, 0.1) is 12.8 Å². The number of benzene rings is 1. The Hall–Kier alpha value is -2.48. The highest BCUT2D eigenvalue weighted by Crippen LogP contribution is 2.30. The molecule has 0 atom stereocenters. The van der Waals surface area contributed by atoms with Gasteiger partial charge in [0.2, 0.25) is 5.91 Å². The normalized spacial score (nSPS) is 10.1. The number of aryl methyl sites for hydroxylation is 1. The number of carbonyl (C=O) groups excluding carboxylic acids is 2. The van der Waals surface area contributed by atoms with Crippen LogP contribution < -0.4 is 10.6 Å². The molecule has 22 heavy (non-hydrogen) atoms. The second kappa shape index (κ2) is 6.99. The molecule has 0 saturated carbocycles. The van der Waals surface area contributed by atoms with Crippen molar-refractivity contribution in [1.29, 1.82) is 0 Å². The van der Waals surface area contributed by atoms with E-state index in [2.05, 4.69) is 20.4 Å². The van der Waals surface area contributed by atoms with Crippen molar-refractivity contribution in [3.8, 4) is 11.3 Å². The van der Waals surface area contributed by atoms with E-state index in [0.29, 0.717) is 10.8 Å². The highest BCUT2D eigenvalue weighted by Gasteiger charge is 2.12. The summed E-state index contributed by atoms with van der Waals surface area (Å²) < 4.78 is 17.3. The van der Waals surface area contributed by atoms with Gasteiger partial charge in [-0.2, -0.15) is 0 Å². The van der Waals surface area contributed by atoms with Crippen molar-refractivity contribution in [3.05, 3.63) is 35.0 Å². The van der Waals surface area contributed by atoms with Crippen molar-refractivity contribution in [2.24, 2.45) is 0 Å². The van der Waals surface area contributed by atoms with Gasteiger partial charge in [-0.05, 0) is 31.2 Å². The summed E-state index contributed by atoms with van der Waals surface area (Å²) in [5.74, 6) is -0.733. The van der Waals surface area contributed by atoms with E-state index < -0.39 is 12.0 Å². The molecule has 0 unspecified atom stereocenters. The molecule has 1 aromatic carbocycles. The predicted molar refractivity (Wildman–Crippen MR) is 81.3 cm³/mol. The predicted octanol–water partition coefficient (Wildman–Crippen LogP) is 2.55. The molecule has 2 amide bonds. The maximum atomic E-state index is 12.9. The van der Waals surface area contributed by atoms with Crippen LogP contribution in [0.5, 0.6) is 0 Å². The van der Waals surface area contributed by atoms with E-state index in [9.17, 15) is 14.0 Å². The van der Waals surface area contributed by atoms with Crippen molar-refractivity contribution >= 4 is 28.5 Å². The average molecular weight is 323 g/mol. The van der Waals surface area contributed by atoms with Gasteiger partial charge in [-0.1, -0.05) is 0 Å². The summed E-state index contributed by atoms with van der Waals surface area (Å²) >= 11 is 1.30. The third kappa shape index (κ3) is 4.01. The van der Waals surface area contributed by atoms with Crippen LogP contribution in [0.1, 0.15) is 4.88 Å². The number of anilines is 1. The zero-order chi connectivity index (χ0) is 16.1. The summed E-state index contributed by atoms with van der Waals surface area (Å²) in [6.45, 7) is 1.65. The number of rotatable bonds is 4. The maximum Gasteiger partial charge on any atom is 0.407 e. The summed E-state index contributed by atoms with van der Waals surface area (Å²) in [6, 6.07) is 5.96. The van der Waals surface area contributed by atoms with E-state index in [1.807, 2.05) is 6.92 Å². The first kappa shape index (κ1) is 15.9. The Bertz CT molecular complexity index is 685. The van der Waals surface area contributed by atoms with Crippen molar-refractivity contribution in [2.45, 2.75) is 6.92 Å². The molecule has 2 N–H and O–H groups in total. The minimum Gasteiger partial charge on any atom is -0.453 e. The van der Waals surface area contributed by atoms with E-state index in [0.717, 1.165) is 10.4 Å². The van der Waals surface area contributed by atoms with Crippen molar-refractivity contribution < 1.29 is 18.7 Å². The standard InChI is InChI=1S/C14H14FN3O3S/c1-8-12(9-3-5-10(15)6-4-9)18-13(22-8)17-11(19)7-16-14(20)21-2/h3-6H,7H2,1-2H3,(H,16,20)(H,17,18,19). The van der Waals surface area contributed by atoms with Crippen molar-refractivity contribution in [3.63, 3.8) is 0 Å². The van der Waals surface area contributed by atoms with Crippen LogP contribution in [0.4, 0.5) is 14.3 Å². The first-order chi connectivity index (χ1) is 10.5. The third-order valence-corrected chi connectivity index (χ3v) is 3.63. The van der Waals surface area contributed by atoms with Crippen LogP contribution in [0.25, 0.3) is 11.3 Å². The smallest absolute Gasteiger partial charge is 0.407 e. The highest BCUT2D eigenvalue weighted by atomic mass is 32.1. The van der Waals surface area contributed by atoms with E-state index in [1.54, 1.807) is 12.1 Å². The fourth-order valence-electron chi connectivity index (χ4n) is 1.71.